The zero-order valence-electron chi connectivity index (χ0n) is 17.1. The molecule has 1 fully saturated rings. The minimum atomic E-state index is -4.41. The molecule has 3 aromatic carbocycles. The average molecular weight is 476 g/mol. The summed E-state index contributed by atoms with van der Waals surface area (Å²) >= 11 is 0. The Bertz CT molecular complexity index is 1280. The normalized spacial score (nSPS) is 14.0. The summed E-state index contributed by atoms with van der Waals surface area (Å²) in [5.41, 5.74) is 1.01. The number of carbonyl (C=O) groups excluding carboxylic acids is 1. The van der Waals surface area contributed by atoms with Crippen LogP contribution >= 0.6 is 0 Å². The number of halogens is 3. The topological polar surface area (TPSA) is 95.5 Å². The zero-order valence-corrected chi connectivity index (χ0v) is 17.9. The predicted octanol–water partition coefficient (Wildman–Crippen LogP) is 5.23. The Kier molecular flexibility index (Phi) is 5.79. The van der Waals surface area contributed by atoms with E-state index in [9.17, 15) is 31.5 Å². The van der Waals surface area contributed by atoms with Gasteiger partial charge in [-0.1, -0.05) is 24.3 Å². The number of sulfonamides is 1. The average Bonchev–Trinajstić information content (AvgIpc) is 3.62. The number of anilines is 2. The van der Waals surface area contributed by atoms with E-state index < -0.39 is 32.9 Å². The van der Waals surface area contributed by atoms with E-state index in [4.69, 9.17) is 0 Å². The highest BCUT2D eigenvalue weighted by Crippen LogP contribution is 2.34. The summed E-state index contributed by atoms with van der Waals surface area (Å²) in [5, 5.41) is 12.1. The van der Waals surface area contributed by atoms with E-state index in [-0.39, 0.29) is 17.1 Å². The third-order valence-corrected chi connectivity index (χ3v) is 7.02. The lowest BCUT2D eigenvalue weighted by Crippen LogP contribution is -2.18. The van der Waals surface area contributed by atoms with Crippen LogP contribution in [0.25, 0.3) is 11.1 Å². The van der Waals surface area contributed by atoms with Crippen molar-refractivity contribution in [2.24, 2.45) is 0 Å². The molecule has 0 bridgehead atoms. The van der Waals surface area contributed by atoms with E-state index in [1.54, 1.807) is 12.1 Å². The molecule has 4 rings (SSSR count). The molecule has 33 heavy (non-hydrogen) atoms. The number of hydrogen-bond donors (Lipinski definition) is 3. The lowest BCUT2D eigenvalue weighted by molar-refractivity contribution is -0.137. The van der Waals surface area contributed by atoms with Crippen molar-refractivity contribution in [1.29, 1.82) is 0 Å². The minimum absolute atomic E-state index is 0.0302. The molecule has 0 unspecified atom stereocenters. The highest BCUT2D eigenvalue weighted by Gasteiger charge is 2.36. The number of hydrogen-bond acceptors (Lipinski definition) is 4. The SMILES string of the molecule is O=C(Nc1ccc(O)c(NS(=O)(=O)C2CC2)c1)c1ccc(-c2ccc(C(F)(F)F)cc2)cc1. The van der Waals surface area contributed by atoms with Crippen molar-refractivity contribution in [3.05, 3.63) is 77.9 Å². The number of aromatic hydroxyl groups is 1. The summed E-state index contributed by atoms with van der Waals surface area (Å²) in [6.07, 6.45) is -3.28. The summed E-state index contributed by atoms with van der Waals surface area (Å²) in [6.45, 7) is 0. The highest BCUT2D eigenvalue weighted by atomic mass is 32.2. The molecule has 1 aliphatic carbocycles. The number of amides is 1. The molecular weight excluding hydrogens is 457 g/mol. The van der Waals surface area contributed by atoms with Gasteiger partial charge in [-0.15, -0.1) is 0 Å². The summed E-state index contributed by atoms with van der Waals surface area (Å²) in [7, 11) is -3.59. The third kappa shape index (κ3) is 5.28. The van der Waals surface area contributed by atoms with Crippen LogP contribution < -0.4 is 10.0 Å². The van der Waals surface area contributed by atoms with Crippen molar-refractivity contribution in [3.8, 4) is 16.9 Å². The number of nitrogens with one attached hydrogen (secondary N) is 2. The van der Waals surface area contributed by atoms with Crippen LogP contribution in [0.2, 0.25) is 0 Å². The zero-order chi connectivity index (χ0) is 23.8. The van der Waals surface area contributed by atoms with Crippen molar-refractivity contribution >= 4 is 27.3 Å². The molecule has 3 N–H and O–H groups in total. The van der Waals surface area contributed by atoms with Gasteiger partial charge in [-0.05, 0) is 66.4 Å². The van der Waals surface area contributed by atoms with Crippen molar-refractivity contribution in [3.63, 3.8) is 0 Å². The molecular formula is C23H19F3N2O4S. The first-order valence-electron chi connectivity index (χ1n) is 9.97. The van der Waals surface area contributed by atoms with Crippen molar-refractivity contribution in [1.82, 2.24) is 0 Å². The van der Waals surface area contributed by atoms with Gasteiger partial charge in [0.05, 0.1) is 16.5 Å². The van der Waals surface area contributed by atoms with Gasteiger partial charge in [0.25, 0.3) is 5.91 Å². The first-order chi connectivity index (χ1) is 15.5. The van der Waals surface area contributed by atoms with E-state index in [1.165, 1.54) is 42.5 Å². The smallest absolute Gasteiger partial charge is 0.416 e. The molecule has 1 amide bonds. The van der Waals surface area contributed by atoms with Crippen molar-refractivity contribution in [2.75, 3.05) is 10.0 Å². The van der Waals surface area contributed by atoms with E-state index in [0.717, 1.165) is 12.1 Å². The predicted molar refractivity (Wildman–Crippen MR) is 119 cm³/mol. The number of rotatable bonds is 6. The van der Waals surface area contributed by atoms with Gasteiger partial charge in [-0.2, -0.15) is 13.2 Å². The lowest BCUT2D eigenvalue weighted by Gasteiger charge is -2.12. The molecule has 0 atom stereocenters. The summed E-state index contributed by atoms with van der Waals surface area (Å²) < 4.78 is 64.7. The maximum absolute atomic E-state index is 12.7. The Morgan fingerprint density at radius 3 is 2.03 bits per heavy atom. The van der Waals surface area contributed by atoms with E-state index in [1.807, 2.05) is 0 Å². The van der Waals surface area contributed by atoms with Crippen LogP contribution in [0.3, 0.4) is 0 Å². The molecule has 0 aliphatic heterocycles. The van der Waals surface area contributed by atoms with Gasteiger partial charge in [-0.25, -0.2) is 8.42 Å². The molecule has 10 heteroatoms. The Labute approximate surface area is 188 Å². The molecule has 1 aliphatic rings. The van der Waals surface area contributed by atoms with E-state index >= 15 is 0 Å². The molecule has 1 saturated carbocycles. The van der Waals surface area contributed by atoms with Crippen LogP contribution in [0, 0.1) is 0 Å². The van der Waals surface area contributed by atoms with E-state index in [2.05, 4.69) is 10.0 Å². The first kappa shape index (κ1) is 22.7. The second-order valence-corrected chi connectivity index (χ2v) is 9.65. The Balaban J connectivity index is 1.46. The van der Waals surface area contributed by atoms with Crippen molar-refractivity contribution < 1.29 is 31.5 Å². The Hall–Kier alpha value is -3.53. The summed E-state index contributed by atoms with van der Waals surface area (Å²) in [4.78, 5) is 12.6. The van der Waals surface area contributed by atoms with Gasteiger partial charge in [0.15, 0.2) is 0 Å². The number of phenolic OH excluding ortho intramolecular Hbond substituents is 1. The molecule has 3 aromatic rings. The number of phenols is 1. The largest absolute Gasteiger partial charge is 0.506 e. The number of benzene rings is 3. The van der Waals surface area contributed by atoms with Gasteiger partial charge in [0.1, 0.15) is 5.75 Å². The lowest BCUT2D eigenvalue weighted by atomic mass is 10.0. The fraction of sp³-hybridized carbons (Fsp3) is 0.174. The Morgan fingerprint density at radius 2 is 1.48 bits per heavy atom. The van der Waals surface area contributed by atoms with Gasteiger partial charge in [0.2, 0.25) is 10.0 Å². The standard InChI is InChI=1S/C23H19F3N2O4S/c24-23(25,26)17-7-5-15(6-8-17)14-1-3-16(4-2-14)22(30)27-18-9-12-21(29)20(13-18)28-33(31,32)19-10-11-19/h1-9,12-13,19,28-29H,10-11H2,(H,27,30). The van der Waals surface area contributed by atoms with E-state index in [0.29, 0.717) is 29.5 Å². The molecule has 6 nitrogen and oxygen atoms in total. The molecule has 0 aromatic heterocycles. The second-order valence-electron chi connectivity index (χ2n) is 7.68. The maximum Gasteiger partial charge on any atom is 0.416 e. The van der Waals surface area contributed by atoms with Gasteiger partial charge < -0.3 is 10.4 Å². The molecule has 0 saturated heterocycles. The van der Waals surface area contributed by atoms with Gasteiger partial charge in [0, 0.05) is 11.3 Å². The fourth-order valence-electron chi connectivity index (χ4n) is 3.18. The quantitative estimate of drug-likeness (QED) is 0.335. The monoisotopic (exact) mass is 476 g/mol. The van der Waals surface area contributed by atoms with Crippen LogP contribution in [0.1, 0.15) is 28.8 Å². The third-order valence-electron chi connectivity index (χ3n) is 5.16. The first-order valence-corrected chi connectivity index (χ1v) is 11.5. The molecule has 0 radical (unpaired) electrons. The number of alkyl halides is 3. The van der Waals surface area contributed by atoms with Crippen LogP contribution in [-0.4, -0.2) is 24.7 Å². The fourth-order valence-corrected chi connectivity index (χ4v) is 4.57. The van der Waals surface area contributed by atoms with Crippen molar-refractivity contribution in [2.45, 2.75) is 24.3 Å². The summed E-state index contributed by atoms with van der Waals surface area (Å²) in [6, 6.07) is 15.0. The van der Waals surface area contributed by atoms with Gasteiger partial charge >= 0.3 is 6.18 Å². The number of carbonyl (C=O) groups is 1. The molecule has 0 spiro atoms. The minimum Gasteiger partial charge on any atom is -0.506 e. The van der Waals surface area contributed by atoms with Crippen LogP contribution in [0.15, 0.2) is 66.7 Å². The van der Waals surface area contributed by atoms with Crippen LogP contribution in [-0.2, 0) is 16.2 Å². The molecule has 0 heterocycles. The molecule has 172 valence electrons. The second kappa shape index (κ2) is 8.43. The van der Waals surface area contributed by atoms with Crippen LogP contribution in [0.5, 0.6) is 5.75 Å². The van der Waals surface area contributed by atoms with Gasteiger partial charge in [-0.3, -0.25) is 9.52 Å². The Morgan fingerprint density at radius 1 is 0.909 bits per heavy atom. The maximum atomic E-state index is 12.7. The highest BCUT2D eigenvalue weighted by molar-refractivity contribution is 7.93. The van der Waals surface area contributed by atoms with Crippen LogP contribution in [0.4, 0.5) is 24.5 Å². The summed E-state index contributed by atoms with van der Waals surface area (Å²) in [5.74, 6) is -0.742.